The fraction of sp³-hybridized carbons (Fsp3) is 0.261. The first-order chi connectivity index (χ1) is 14.1. The Kier molecular flexibility index (Phi) is 4.47. The highest BCUT2D eigenvalue weighted by Gasteiger charge is 2.49. The second kappa shape index (κ2) is 7.16. The van der Waals surface area contributed by atoms with Crippen LogP contribution < -0.4 is 10.9 Å². The number of para-hydroxylation sites is 1. The van der Waals surface area contributed by atoms with E-state index in [9.17, 15) is 9.59 Å². The average molecular weight is 406 g/mol. The molecule has 5 nitrogen and oxygen atoms in total. The maximum Gasteiger partial charge on any atom is 0.258 e. The molecule has 0 saturated heterocycles. The van der Waals surface area contributed by atoms with Gasteiger partial charge in [0.05, 0.1) is 16.8 Å². The van der Waals surface area contributed by atoms with Gasteiger partial charge in [-0.15, -0.1) is 0 Å². The number of amides is 1. The Morgan fingerprint density at radius 3 is 2.69 bits per heavy atom. The molecule has 2 bridgehead atoms. The van der Waals surface area contributed by atoms with Crippen LogP contribution in [0.15, 0.2) is 65.5 Å². The average Bonchev–Trinajstić information content (AvgIpc) is 3.35. The summed E-state index contributed by atoms with van der Waals surface area (Å²) in [6.45, 7) is 0.446. The van der Waals surface area contributed by atoms with Gasteiger partial charge >= 0.3 is 0 Å². The summed E-state index contributed by atoms with van der Waals surface area (Å²) >= 11 is 5.93. The number of nitrogens with zero attached hydrogens (tertiary/aromatic N) is 1. The second-order valence-electron chi connectivity index (χ2n) is 7.81. The maximum absolute atomic E-state index is 13.1. The van der Waals surface area contributed by atoms with E-state index in [1.54, 1.807) is 6.07 Å². The molecule has 29 heavy (non-hydrogen) atoms. The standard InChI is InChI=1S/C23H20ClN3O2/c24-16-9-5-13(6-10-16)12-25-23(29)20-15-8-7-14(11-15)19(20)21-26-18-4-2-1-3-17(18)22(28)27-21/h1-10,14-15,19-20H,11-12H2,(H,25,29)(H,26,27,28). The van der Waals surface area contributed by atoms with Crippen molar-refractivity contribution in [2.24, 2.45) is 17.8 Å². The summed E-state index contributed by atoms with van der Waals surface area (Å²) in [6, 6.07) is 14.7. The molecule has 2 N–H and O–H groups in total. The number of halogens is 1. The maximum atomic E-state index is 13.1. The summed E-state index contributed by atoms with van der Waals surface area (Å²) in [5.41, 5.74) is 1.51. The van der Waals surface area contributed by atoms with Crippen LogP contribution in [0.5, 0.6) is 0 Å². The summed E-state index contributed by atoms with van der Waals surface area (Å²) in [4.78, 5) is 33.3. The third-order valence-electron chi connectivity index (χ3n) is 6.09. The number of aromatic nitrogens is 2. The normalized spacial score (nSPS) is 24.9. The van der Waals surface area contributed by atoms with E-state index < -0.39 is 0 Å². The quantitative estimate of drug-likeness (QED) is 0.648. The molecule has 1 amide bonds. The van der Waals surface area contributed by atoms with Crippen molar-refractivity contribution in [1.29, 1.82) is 0 Å². The topological polar surface area (TPSA) is 74.8 Å². The molecule has 3 aromatic rings. The molecule has 1 aromatic heterocycles. The van der Waals surface area contributed by atoms with Crippen molar-refractivity contribution in [3.05, 3.63) is 87.4 Å². The number of carbonyl (C=O) groups excluding carboxylic acids is 1. The molecule has 2 aromatic carbocycles. The first-order valence-corrected chi connectivity index (χ1v) is 10.2. The SMILES string of the molecule is O=C(NCc1ccc(Cl)cc1)C1C2C=CC(C2)C1c1nc2ccccc2c(=O)[nH]1. The number of allylic oxidation sites excluding steroid dienone is 2. The predicted molar refractivity (Wildman–Crippen MR) is 113 cm³/mol. The zero-order chi connectivity index (χ0) is 20.0. The van der Waals surface area contributed by atoms with Crippen molar-refractivity contribution in [3.63, 3.8) is 0 Å². The van der Waals surface area contributed by atoms with Crippen molar-refractivity contribution in [2.45, 2.75) is 18.9 Å². The molecule has 0 spiro atoms. The molecule has 0 aliphatic heterocycles. The van der Waals surface area contributed by atoms with Gasteiger partial charge in [-0.1, -0.05) is 48.0 Å². The predicted octanol–water partition coefficient (Wildman–Crippen LogP) is 3.80. The fourth-order valence-electron chi connectivity index (χ4n) is 4.72. The van der Waals surface area contributed by atoms with E-state index in [0.29, 0.717) is 28.3 Å². The van der Waals surface area contributed by atoms with Gasteiger partial charge in [-0.25, -0.2) is 4.98 Å². The lowest BCUT2D eigenvalue weighted by Crippen LogP contribution is -2.37. The van der Waals surface area contributed by atoms with Crippen LogP contribution in [-0.4, -0.2) is 15.9 Å². The molecule has 1 heterocycles. The molecule has 1 fully saturated rings. The van der Waals surface area contributed by atoms with Crippen LogP contribution in [0.1, 0.15) is 23.7 Å². The van der Waals surface area contributed by atoms with E-state index in [1.165, 1.54) is 0 Å². The van der Waals surface area contributed by atoms with Crippen LogP contribution in [-0.2, 0) is 11.3 Å². The molecule has 2 aliphatic rings. The van der Waals surface area contributed by atoms with Gasteiger partial charge in [0.2, 0.25) is 5.91 Å². The summed E-state index contributed by atoms with van der Waals surface area (Å²) in [7, 11) is 0. The molecule has 0 radical (unpaired) electrons. The minimum atomic E-state index is -0.235. The molecule has 2 aliphatic carbocycles. The third-order valence-corrected chi connectivity index (χ3v) is 6.34. The number of fused-ring (bicyclic) bond motifs is 3. The Bertz CT molecular complexity index is 1170. The van der Waals surface area contributed by atoms with E-state index in [-0.39, 0.29) is 35.1 Å². The van der Waals surface area contributed by atoms with Gasteiger partial charge in [0.15, 0.2) is 0 Å². The third kappa shape index (κ3) is 3.25. The van der Waals surface area contributed by atoms with Crippen molar-refractivity contribution < 1.29 is 4.79 Å². The molecular formula is C23H20ClN3O2. The van der Waals surface area contributed by atoms with Gasteiger partial charge in [-0.2, -0.15) is 0 Å². The summed E-state index contributed by atoms with van der Waals surface area (Å²) in [6.07, 6.45) is 5.21. The van der Waals surface area contributed by atoms with Crippen molar-refractivity contribution in [1.82, 2.24) is 15.3 Å². The number of hydrogen-bond donors (Lipinski definition) is 2. The van der Waals surface area contributed by atoms with E-state index >= 15 is 0 Å². The molecule has 1 saturated carbocycles. The minimum Gasteiger partial charge on any atom is -0.352 e. The number of aromatic amines is 1. The molecular weight excluding hydrogens is 386 g/mol. The van der Waals surface area contributed by atoms with Gasteiger partial charge in [-0.3, -0.25) is 9.59 Å². The number of rotatable bonds is 4. The summed E-state index contributed by atoms with van der Waals surface area (Å²) in [5.74, 6) is 0.645. The monoisotopic (exact) mass is 405 g/mol. The summed E-state index contributed by atoms with van der Waals surface area (Å²) in [5, 5.41) is 4.30. The number of H-pyrrole nitrogens is 1. The van der Waals surface area contributed by atoms with Crippen LogP contribution in [0.3, 0.4) is 0 Å². The highest BCUT2D eigenvalue weighted by atomic mass is 35.5. The first kappa shape index (κ1) is 18.1. The van der Waals surface area contributed by atoms with Crippen LogP contribution in [0.2, 0.25) is 5.02 Å². The highest BCUT2D eigenvalue weighted by Crippen LogP contribution is 2.52. The van der Waals surface area contributed by atoms with Crippen molar-refractivity contribution >= 4 is 28.4 Å². The van der Waals surface area contributed by atoms with Gasteiger partial charge in [0, 0.05) is 17.5 Å². The number of carbonyl (C=O) groups is 1. The lowest BCUT2D eigenvalue weighted by Gasteiger charge is -2.26. The van der Waals surface area contributed by atoms with Crippen LogP contribution >= 0.6 is 11.6 Å². The lowest BCUT2D eigenvalue weighted by molar-refractivity contribution is -0.126. The molecule has 4 unspecified atom stereocenters. The van der Waals surface area contributed by atoms with Gasteiger partial charge in [-0.05, 0) is 48.1 Å². The smallest absolute Gasteiger partial charge is 0.258 e. The second-order valence-corrected chi connectivity index (χ2v) is 8.25. The van der Waals surface area contributed by atoms with Crippen LogP contribution in [0.4, 0.5) is 0 Å². The van der Waals surface area contributed by atoms with E-state index in [0.717, 1.165) is 12.0 Å². The lowest BCUT2D eigenvalue weighted by atomic mass is 9.81. The van der Waals surface area contributed by atoms with Gasteiger partial charge in [0.25, 0.3) is 5.56 Å². The highest BCUT2D eigenvalue weighted by molar-refractivity contribution is 6.30. The number of benzene rings is 2. The number of hydrogen-bond acceptors (Lipinski definition) is 3. The fourth-order valence-corrected chi connectivity index (χ4v) is 4.85. The Balaban J connectivity index is 1.43. The van der Waals surface area contributed by atoms with E-state index in [4.69, 9.17) is 16.6 Å². The van der Waals surface area contributed by atoms with Crippen molar-refractivity contribution in [2.75, 3.05) is 0 Å². The number of nitrogens with one attached hydrogen (secondary N) is 2. The minimum absolute atomic E-state index is 0.00222. The van der Waals surface area contributed by atoms with E-state index in [2.05, 4.69) is 22.5 Å². The molecule has 4 atom stereocenters. The van der Waals surface area contributed by atoms with Crippen molar-refractivity contribution in [3.8, 4) is 0 Å². The Hall–Kier alpha value is -2.92. The molecule has 146 valence electrons. The Morgan fingerprint density at radius 1 is 1.10 bits per heavy atom. The zero-order valence-corrected chi connectivity index (χ0v) is 16.4. The summed E-state index contributed by atoms with van der Waals surface area (Å²) < 4.78 is 0. The Labute approximate surface area is 172 Å². The largest absolute Gasteiger partial charge is 0.352 e. The zero-order valence-electron chi connectivity index (χ0n) is 15.6. The molecule has 6 heteroatoms. The van der Waals surface area contributed by atoms with Crippen LogP contribution in [0.25, 0.3) is 10.9 Å². The Morgan fingerprint density at radius 2 is 1.86 bits per heavy atom. The van der Waals surface area contributed by atoms with Gasteiger partial charge in [0.1, 0.15) is 5.82 Å². The van der Waals surface area contributed by atoms with Crippen LogP contribution in [0, 0.1) is 17.8 Å². The van der Waals surface area contributed by atoms with E-state index in [1.807, 2.05) is 42.5 Å². The first-order valence-electron chi connectivity index (χ1n) is 9.79. The van der Waals surface area contributed by atoms with Gasteiger partial charge < -0.3 is 10.3 Å². The molecule has 5 rings (SSSR count).